The number of rotatable bonds is 4. The minimum Gasteiger partial charge on any atom is -0.386 e. The van der Waals surface area contributed by atoms with E-state index in [1.807, 2.05) is 11.4 Å². The first-order chi connectivity index (χ1) is 8.58. The maximum atomic E-state index is 13.5. The molecule has 0 bridgehead atoms. The zero-order valence-electron chi connectivity index (χ0n) is 9.16. The van der Waals surface area contributed by atoms with Crippen LogP contribution in [-0.2, 0) is 0 Å². The Morgan fingerprint density at radius 3 is 2.78 bits per heavy atom. The maximum absolute atomic E-state index is 13.5. The number of halogens is 3. The van der Waals surface area contributed by atoms with Crippen molar-refractivity contribution in [3.05, 3.63) is 50.6 Å². The third-order valence-corrected chi connectivity index (χ3v) is 3.95. The Morgan fingerprint density at radius 2 is 2.17 bits per heavy atom. The second kappa shape index (κ2) is 5.77. The molecule has 1 aromatic carbocycles. The van der Waals surface area contributed by atoms with Crippen molar-refractivity contribution in [2.75, 3.05) is 11.9 Å². The van der Waals surface area contributed by atoms with E-state index in [1.165, 1.54) is 17.4 Å². The molecule has 0 aliphatic carbocycles. The van der Waals surface area contributed by atoms with Gasteiger partial charge in [0, 0.05) is 22.0 Å². The van der Waals surface area contributed by atoms with Crippen molar-refractivity contribution in [2.45, 2.75) is 6.10 Å². The number of anilines is 1. The summed E-state index contributed by atoms with van der Waals surface area (Å²) in [7, 11) is 0. The number of nitrogens with one attached hydrogen (secondary N) is 1. The van der Waals surface area contributed by atoms with Gasteiger partial charge in [-0.1, -0.05) is 6.07 Å². The van der Waals surface area contributed by atoms with Crippen molar-refractivity contribution in [3.63, 3.8) is 0 Å². The molecule has 2 rings (SSSR count). The van der Waals surface area contributed by atoms with Crippen LogP contribution in [0.1, 0.15) is 11.0 Å². The highest BCUT2D eigenvalue weighted by atomic mass is 79.9. The van der Waals surface area contributed by atoms with Crippen molar-refractivity contribution >= 4 is 33.0 Å². The van der Waals surface area contributed by atoms with Gasteiger partial charge in [0.25, 0.3) is 0 Å². The van der Waals surface area contributed by atoms with Crippen LogP contribution in [0.3, 0.4) is 0 Å². The second-order valence-electron chi connectivity index (χ2n) is 3.66. The highest BCUT2D eigenvalue weighted by Crippen LogP contribution is 2.28. The average molecular weight is 334 g/mol. The van der Waals surface area contributed by atoms with E-state index in [-0.39, 0.29) is 12.2 Å². The first kappa shape index (κ1) is 13.5. The first-order valence-corrected chi connectivity index (χ1v) is 6.85. The van der Waals surface area contributed by atoms with Crippen LogP contribution in [0.4, 0.5) is 14.5 Å². The molecule has 1 unspecified atom stereocenters. The number of hydrogen-bond donors (Lipinski definition) is 2. The molecular formula is C12H10BrF2NOS. The molecule has 0 saturated heterocycles. The van der Waals surface area contributed by atoms with E-state index in [1.54, 1.807) is 6.07 Å². The first-order valence-electron chi connectivity index (χ1n) is 5.18. The van der Waals surface area contributed by atoms with Crippen LogP contribution in [0, 0.1) is 11.6 Å². The third-order valence-electron chi connectivity index (χ3n) is 2.35. The van der Waals surface area contributed by atoms with Gasteiger partial charge in [-0.15, -0.1) is 11.3 Å². The Kier molecular flexibility index (Phi) is 4.31. The molecule has 0 radical (unpaired) electrons. The predicted molar refractivity (Wildman–Crippen MR) is 71.8 cm³/mol. The number of thiophene rings is 1. The number of aliphatic hydroxyl groups is 1. The molecule has 0 saturated carbocycles. The lowest BCUT2D eigenvalue weighted by atomic mass is 10.2. The Bertz CT molecular complexity index is 510. The molecule has 0 aliphatic heterocycles. The SMILES string of the molecule is OC(CNc1c(F)cc(F)cc1Br)c1cccs1. The molecule has 18 heavy (non-hydrogen) atoms. The number of benzene rings is 1. The van der Waals surface area contributed by atoms with Gasteiger partial charge in [0.2, 0.25) is 0 Å². The molecule has 2 N–H and O–H groups in total. The second-order valence-corrected chi connectivity index (χ2v) is 5.49. The molecule has 0 amide bonds. The summed E-state index contributed by atoms with van der Waals surface area (Å²) in [5, 5.41) is 14.5. The van der Waals surface area contributed by atoms with Gasteiger partial charge < -0.3 is 10.4 Å². The highest BCUT2D eigenvalue weighted by molar-refractivity contribution is 9.10. The van der Waals surface area contributed by atoms with E-state index in [2.05, 4.69) is 21.2 Å². The minimum absolute atomic E-state index is 0.145. The van der Waals surface area contributed by atoms with Gasteiger partial charge in [-0.05, 0) is 33.4 Å². The van der Waals surface area contributed by atoms with E-state index in [4.69, 9.17) is 0 Å². The lowest BCUT2D eigenvalue weighted by Gasteiger charge is -2.13. The Labute approximate surface area is 115 Å². The summed E-state index contributed by atoms with van der Waals surface area (Å²) < 4.78 is 26.7. The zero-order valence-corrected chi connectivity index (χ0v) is 11.6. The van der Waals surface area contributed by atoms with Crippen LogP contribution >= 0.6 is 27.3 Å². The normalized spacial score (nSPS) is 12.4. The fourth-order valence-corrected chi connectivity index (χ4v) is 2.75. The molecule has 0 spiro atoms. The van der Waals surface area contributed by atoms with E-state index in [0.717, 1.165) is 10.9 Å². The van der Waals surface area contributed by atoms with Gasteiger partial charge in [0.15, 0.2) is 0 Å². The van der Waals surface area contributed by atoms with Crippen molar-refractivity contribution in [2.24, 2.45) is 0 Å². The number of hydrogen-bond acceptors (Lipinski definition) is 3. The summed E-state index contributed by atoms with van der Waals surface area (Å²) in [6, 6.07) is 5.60. The maximum Gasteiger partial charge on any atom is 0.150 e. The molecular weight excluding hydrogens is 324 g/mol. The van der Waals surface area contributed by atoms with Gasteiger partial charge in [-0.3, -0.25) is 0 Å². The molecule has 2 nitrogen and oxygen atoms in total. The molecule has 0 fully saturated rings. The lowest BCUT2D eigenvalue weighted by molar-refractivity contribution is 0.195. The summed E-state index contributed by atoms with van der Waals surface area (Å²) in [5.74, 6) is -1.34. The molecule has 1 heterocycles. The summed E-state index contributed by atoms with van der Waals surface area (Å²) in [6.07, 6.45) is -0.721. The predicted octanol–water partition coefficient (Wildman–Crippen LogP) is 3.93. The summed E-state index contributed by atoms with van der Waals surface area (Å²) in [5.41, 5.74) is 0.145. The van der Waals surface area contributed by atoms with Gasteiger partial charge in [-0.25, -0.2) is 8.78 Å². The van der Waals surface area contributed by atoms with Crippen LogP contribution in [0.15, 0.2) is 34.1 Å². The van der Waals surface area contributed by atoms with E-state index in [0.29, 0.717) is 4.47 Å². The molecule has 1 aromatic heterocycles. The fourth-order valence-electron chi connectivity index (χ4n) is 1.49. The van der Waals surface area contributed by atoms with Crippen LogP contribution < -0.4 is 5.32 Å². The summed E-state index contributed by atoms with van der Waals surface area (Å²) in [6.45, 7) is 0.154. The molecule has 1 atom stereocenters. The van der Waals surface area contributed by atoms with Crippen LogP contribution in [0.5, 0.6) is 0 Å². The third kappa shape index (κ3) is 3.07. The largest absolute Gasteiger partial charge is 0.386 e. The lowest BCUT2D eigenvalue weighted by Crippen LogP contribution is -2.12. The molecule has 2 aromatic rings. The molecule has 0 aliphatic rings. The number of aliphatic hydroxyl groups excluding tert-OH is 1. The molecule has 96 valence electrons. The van der Waals surface area contributed by atoms with Crippen LogP contribution in [0.2, 0.25) is 0 Å². The van der Waals surface area contributed by atoms with Crippen molar-refractivity contribution in [1.82, 2.24) is 0 Å². The summed E-state index contributed by atoms with van der Waals surface area (Å²) >= 11 is 4.50. The summed E-state index contributed by atoms with van der Waals surface area (Å²) in [4.78, 5) is 0.793. The Balaban J connectivity index is 2.07. The van der Waals surface area contributed by atoms with E-state index in [9.17, 15) is 13.9 Å². The van der Waals surface area contributed by atoms with Gasteiger partial charge in [-0.2, -0.15) is 0 Å². The topological polar surface area (TPSA) is 32.3 Å². The monoisotopic (exact) mass is 333 g/mol. The van der Waals surface area contributed by atoms with Gasteiger partial charge in [0.05, 0.1) is 5.69 Å². The van der Waals surface area contributed by atoms with Crippen LogP contribution in [0.25, 0.3) is 0 Å². The highest BCUT2D eigenvalue weighted by Gasteiger charge is 2.13. The van der Waals surface area contributed by atoms with E-state index >= 15 is 0 Å². The molecule has 6 heteroatoms. The van der Waals surface area contributed by atoms with Crippen molar-refractivity contribution in [3.8, 4) is 0 Å². The van der Waals surface area contributed by atoms with Gasteiger partial charge in [0.1, 0.15) is 17.7 Å². The minimum atomic E-state index is -0.721. The quantitative estimate of drug-likeness (QED) is 0.888. The van der Waals surface area contributed by atoms with Gasteiger partial charge >= 0.3 is 0 Å². The van der Waals surface area contributed by atoms with Crippen molar-refractivity contribution < 1.29 is 13.9 Å². The zero-order chi connectivity index (χ0) is 13.1. The standard InChI is InChI=1S/C12H10BrF2NOS/c13-8-4-7(14)5-9(15)12(8)16-6-10(17)11-2-1-3-18-11/h1-5,10,16-17H,6H2. The van der Waals surface area contributed by atoms with Crippen molar-refractivity contribution in [1.29, 1.82) is 0 Å². The van der Waals surface area contributed by atoms with Crippen LogP contribution in [-0.4, -0.2) is 11.7 Å². The average Bonchev–Trinajstić information content (AvgIpc) is 2.80. The smallest absolute Gasteiger partial charge is 0.150 e. The van der Waals surface area contributed by atoms with E-state index < -0.39 is 17.7 Å². The Hall–Kier alpha value is -0.980. The fraction of sp³-hybridized carbons (Fsp3) is 0.167. The Morgan fingerprint density at radius 1 is 1.39 bits per heavy atom.